The highest BCUT2D eigenvalue weighted by molar-refractivity contribution is 4.70. The van der Waals surface area contributed by atoms with E-state index in [-0.39, 0.29) is 0 Å². The molecule has 108 valence electrons. The van der Waals surface area contributed by atoms with E-state index >= 15 is 0 Å². The average molecular weight is 257 g/mol. The Balaban J connectivity index is 2.16. The second-order valence-corrected chi connectivity index (χ2v) is 5.90. The molecule has 3 nitrogen and oxygen atoms in total. The third-order valence-electron chi connectivity index (χ3n) is 3.64. The van der Waals surface area contributed by atoms with Crippen LogP contribution in [0.2, 0.25) is 0 Å². The predicted molar refractivity (Wildman–Crippen MR) is 75.9 cm³/mol. The van der Waals surface area contributed by atoms with Crippen molar-refractivity contribution in [3.8, 4) is 0 Å². The lowest BCUT2D eigenvalue weighted by Crippen LogP contribution is -2.27. The number of hydrogen-bond donors (Lipinski definition) is 1. The highest BCUT2D eigenvalue weighted by Gasteiger charge is 2.18. The molecule has 0 bridgehead atoms. The van der Waals surface area contributed by atoms with E-state index in [1.165, 1.54) is 32.1 Å². The van der Waals surface area contributed by atoms with Crippen molar-refractivity contribution < 1.29 is 9.47 Å². The topological polar surface area (TPSA) is 30.5 Å². The first kappa shape index (κ1) is 15.9. The van der Waals surface area contributed by atoms with Crippen LogP contribution in [0, 0.1) is 11.8 Å². The lowest BCUT2D eigenvalue weighted by molar-refractivity contribution is 0.0966. The van der Waals surface area contributed by atoms with E-state index in [0.29, 0.717) is 6.10 Å². The Bertz CT molecular complexity index is 191. The number of nitrogens with one attached hydrogen (secondary N) is 1. The fraction of sp³-hybridized carbons (Fsp3) is 1.00. The van der Waals surface area contributed by atoms with Crippen molar-refractivity contribution in [1.82, 2.24) is 5.32 Å². The molecule has 1 saturated heterocycles. The van der Waals surface area contributed by atoms with Crippen LogP contribution in [0.5, 0.6) is 0 Å². The maximum Gasteiger partial charge on any atom is 0.0587 e. The number of hydrogen-bond acceptors (Lipinski definition) is 3. The normalized spacial score (nSPS) is 21.7. The molecular weight excluding hydrogens is 226 g/mol. The average Bonchev–Trinajstić information content (AvgIpc) is 2.83. The Morgan fingerprint density at radius 2 is 2.22 bits per heavy atom. The molecule has 1 aliphatic heterocycles. The van der Waals surface area contributed by atoms with Gasteiger partial charge in [0.1, 0.15) is 0 Å². The molecule has 0 aliphatic carbocycles. The van der Waals surface area contributed by atoms with Gasteiger partial charge in [0.15, 0.2) is 0 Å². The molecule has 0 amide bonds. The van der Waals surface area contributed by atoms with Crippen LogP contribution < -0.4 is 5.32 Å². The van der Waals surface area contributed by atoms with E-state index in [2.05, 4.69) is 19.2 Å². The van der Waals surface area contributed by atoms with Gasteiger partial charge in [-0.1, -0.05) is 13.8 Å². The van der Waals surface area contributed by atoms with Crippen molar-refractivity contribution in [2.45, 2.75) is 52.1 Å². The molecule has 0 saturated carbocycles. The van der Waals surface area contributed by atoms with Gasteiger partial charge in [-0.3, -0.25) is 0 Å². The van der Waals surface area contributed by atoms with Crippen LogP contribution in [-0.4, -0.2) is 39.5 Å². The van der Waals surface area contributed by atoms with Crippen LogP contribution in [0.4, 0.5) is 0 Å². The van der Waals surface area contributed by atoms with Gasteiger partial charge in [-0.15, -0.1) is 0 Å². The lowest BCUT2D eigenvalue weighted by atomic mass is 9.91. The number of rotatable bonds is 10. The monoisotopic (exact) mass is 257 g/mol. The summed E-state index contributed by atoms with van der Waals surface area (Å²) in [5.74, 6) is 1.56. The first-order valence-corrected chi connectivity index (χ1v) is 7.53. The third-order valence-corrected chi connectivity index (χ3v) is 3.64. The van der Waals surface area contributed by atoms with Gasteiger partial charge in [0.25, 0.3) is 0 Å². The number of methoxy groups -OCH3 is 1. The molecule has 0 radical (unpaired) electrons. The van der Waals surface area contributed by atoms with Gasteiger partial charge in [0, 0.05) is 20.3 Å². The Hall–Kier alpha value is -0.120. The molecule has 0 aromatic carbocycles. The van der Waals surface area contributed by atoms with Gasteiger partial charge in [-0.2, -0.15) is 0 Å². The second kappa shape index (κ2) is 9.76. The molecule has 2 unspecified atom stereocenters. The van der Waals surface area contributed by atoms with E-state index in [1.54, 1.807) is 7.11 Å². The molecule has 0 aromatic heterocycles. The van der Waals surface area contributed by atoms with Gasteiger partial charge < -0.3 is 14.8 Å². The Labute approximate surface area is 113 Å². The van der Waals surface area contributed by atoms with Crippen molar-refractivity contribution >= 4 is 0 Å². The fourth-order valence-corrected chi connectivity index (χ4v) is 2.74. The quantitative estimate of drug-likeness (QED) is 0.610. The van der Waals surface area contributed by atoms with E-state index in [4.69, 9.17) is 9.47 Å². The molecule has 18 heavy (non-hydrogen) atoms. The minimum atomic E-state index is 0.540. The predicted octanol–water partition coefficient (Wildman–Crippen LogP) is 2.84. The van der Waals surface area contributed by atoms with Crippen LogP contribution in [-0.2, 0) is 9.47 Å². The molecule has 1 aliphatic rings. The largest absolute Gasteiger partial charge is 0.383 e. The maximum absolute atomic E-state index is 5.71. The van der Waals surface area contributed by atoms with Gasteiger partial charge in [-0.25, -0.2) is 0 Å². The molecular formula is C15H31NO2. The first-order valence-electron chi connectivity index (χ1n) is 7.53. The van der Waals surface area contributed by atoms with Crippen molar-refractivity contribution in [1.29, 1.82) is 0 Å². The maximum atomic E-state index is 5.71. The summed E-state index contributed by atoms with van der Waals surface area (Å²) in [5.41, 5.74) is 0. The highest BCUT2D eigenvalue weighted by atomic mass is 16.5. The van der Waals surface area contributed by atoms with Crippen molar-refractivity contribution in [3.63, 3.8) is 0 Å². The molecule has 0 spiro atoms. The Kier molecular flexibility index (Phi) is 8.64. The minimum Gasteiger partial charge on any atom is -0.383 e. The fourth-order valence-electron chi connectivity index (χ4n) is 2.74. The van der Waals surface area contributed by atoms with Gasteiger partial charge in [0.2, 0.25) is 0 Å². The third kappa shape index (κ3) is 7.34. The van der Waals surface area contributed by atoms with E-state index in [9.17, 15) is 0 Å². The van der Waals surface area contributed by atoms with Crippen LogP contribution >= 0.6 is 0 Å². The van der Waals surface area contributed by atoms with Crippen LogP contribution in [0.25, 0.3) is 0 Å². The van der Waals surface area contributed by atoms with E-state index in [1.807, 2.05) is 0 Å². The molecule has 1 rings (SSSR count). The SMILES string of the molecule is COCCNCC(CCC1CCCO1)CC(C)C. The van der Waals surface area contributed by atoms with Gasteiger partial charge in [0.05, 0.1) is 12.7 Å². The highest BCUT2D eigenvalue weighted by Crippen LogP contribution is 2.22. The molecule has 1 N–H and O–H groups in total. The smallest absolute Gasteiger partial charge is 0.0587 e. The van der Waals surface area contributed by atoms with Gasteiger partial charge in [-0.05, 0) is 50.5 Å². The zero-order valence-electron chi connectivity index (χ0n) is 12.4. The van der Waals surface area contributed by atoms with Crippen molar-refractivity contribution in [2.75, 3.05) is 33.4 Å². The summed E-state index contributed by atoms with van der Waals surface area (Å²) in [6, 6.07) is 0. The van der Waals surface area contributed by atoms with Crippen LogP contribution in [0.3, 0.4) is 0 Å². The lowest BCUT2D eigenvalue weighted by Gasteiger charge is -2.21. The summed E-state index contributed by atoms with van der Waals surface area (Å²) in [4.78, 5) is 0. The molecule has 2 atom stereocenters. The summed E-state index contributed by atoms with van der Waals surface area (Å²) in [6.45, 7) is 8.49. The summed E-state index contributed by atoms with van der Waals surface area (Å²) in [6.07, 6.45) is 6.91. The molecule has 1 heterocycles. The standard InChI is InChI=1S/C15H31NO2/c1-13(2)11-14(12-16-8-10-17-3)6-7-15-5-4-9-18-15/h13-16H,4-12H2,1-3H3. The Morgan fingerprint density at radius 3 is 2.83 bits per heavy atom. The molecule has 3 heteroatoms. The summed E-state index contributed by atoms with van der Waals surface area (Å²) < 4.78 is 10.8. The van der Waals surface area contributed by atoms with Gasteiger partial charge >= 0.3 is 0 Å². The summed E-state index contributed by atoms with van der Waals surface area (Å²) >= 11 is 0. The van der Waals surface area contributed by atoms with E-state index in [0.717, 1.165) is 38.1 Å². The first-order chi connectivity index (χ1) is 8.72. The second-order valence-electron chi connectivity index (χ2n) is 5.90. The van der Waals surface area contributed by atoms with Crippen LogP contribution in [0.1, 0.15) is 46.0 Å². The summed E-state index contributed by atoms with van der Waals surface area (Å²) in [5, 5.41) is 3.50. The molecule has 0 aromatic rings. The van der Waals surface area contributed by atoms with Crippen LogP contribution in [0.15, 0.2) is 0 Å². The van der Waals surface area contributed by atoms with Crippen molar-refractivity contribution in [3.05, 3.63) is 0 Å². The summed E-state index contributed by atoms with van der Waals surface area (Å²) in [7, 11) is 1.75. The molecule has 1 fully saturated rings. The zero-order chi connectivity index (χ0) is 13.2. The Morgan fingerprint density at radius 1 is 1.39 bits per heavy atom. The number of ether oxygens (including phenoxy) is 2. The minimum absolute atomic E-state index is 0.540. The zero-order valence-corrected chi connectivity index (χ0v) is 12.4. The van der Waals surface area contributed by atoms with Crippen molar-refractivity contribution in [2.24, 2.45) is 11.8 Å². The van der Waals surface area contributed by atoms with E-state index < -0.39 is 0 Å².